The number of hydrogen-bond acceptors (Lipinski definition) is 6. The van der Waals surface area contributed by atoms with E-state index in [9.17, 15) is 9.59 Å². The summed E-state index contributed by atoms with van der Waals surface area (Å²) in [6.07, 6.45) is 4.68. The monoisotopic (exact) mass is 280 g/mol. The molecule has 0 spiro atoms. The Morgan fingerprint density at radius 2 is 1.15 bits per heavy atom. The Labute approximate surface area is 119 Å². The Morgan fingerprint density at radius 3 is 1.50 bits per heavy atom. The molecule has 0 bridgehead atoms. The number of rotatable bonds is 6. The molecule has 8 heteroatoms. The molecular formula is C12H18B2O6. The molecule has 0 saturated heterocycles. The summed E-state index contributed by atoms with van der Waals surface area (Å²) >= 11 is 0. The van der Waals surface area contributed by atoms with E-state index in [1.165, 1.54) is 0 Å². The van der Waals surface area contributed by atoms with E-state index < -0.39 is 26.2 Å². The first-order chi connectivity index (χ1) is 9.65. The lowest BCUT2D eigenvalue weighted by Gasteiger charge is -2.29. The zero-order chi connectivity index (χ0) is 14.5. The van der Waals surface area contributed by atoms with Gasteiger partial charge in [0, 0.05) is 12.6 Å². The van der Waals surface area contributed by atoms with Crippen molar-refractivity contribution in [3.05, 3.63) is 11.5 Å². The zero-order valence-corrected chi connectivity index (χ0v) is 11.8. The molecule has 0 atom stereocenters. The minimum Gasteiger partial charge on any atom is -0.518 e. The lowest BCUT2D eigenvalue weighted by molar-refractivity contribution is -0.145. The molecule has 2 aliphatic heterocycles. The quantitative estimate of drug-likeness (QED) is 0.692. The van der Waals surface area contributed by atoms with Gasteiger partial charge in [0.05, 0.1) is 0 Å². The fourth-order valence-corrected chi connectivity index (χ4v) is 2.02. The van der Waals surface area contributed by atoms with E-state index in [0.29, 0.717) is 12.6 Å². The van der Waals surface area contributed by atoms with E-state index in [1.807, 2.05) is 13.8 Å². The molecule has 0 aromatic heterocycles. The normalized spacial score (nSPS) is 18.1. The Bertz CT molecular complexity index is 384. The number of carbonyl (C=O) groups is 2. The molecule has 0 saturated carbocycles. The Morgan fingerprint density at radius 1 is 0.750 bits per heavy atom. The van der Waals surface area contributed by atoms with E-state index >= 15 is 0 Å². The van der Waals surface area contributed by atoms with Gasteiger partial charge in [-0.15, -0.1) is 0 Å². The van der Waals surface area contributed by atoms with Crippen molar-refractivity contribution in [1.29, 1.82) is 0 Å². The fraction of sp³-hybridized carbons (Fsp3) is 0.667. The molecular weight excluding hydrogens is 262 g/mol. The van der Waals surface area contributed by atoms with Crippen molar-refractivity contribution in [1.82, 2.24) is 0 Å². The zero-order valence-electron chi connectivity index (χ0n) is 11.8. The molecule has 0 fully saturated rings. The molecule has 2 heterocycles. The van der Waals surface area contributed by atoms with Crippen LogP contribution in [-0.4, -0.2) is 26.2 Å². The van der Waals surface area contributed by atoms with Crippen LogP contribution in [0.15, 0.2) is 11.5 Å². The molecule has 0 aromatic carbocycles. The van der Waals surface area contributed by atoms with Crippen LogP contribution < -0.4 is 0 Å². The second-order valence-corrected chi connectivity index (χ2v) is 4.85. The van der Waals surface area contributed by atoms with E-state index in [-0.39, 0.29) is 11.5 Å². The van der Waals surface area contributed by atoms with E-state index in [0.717, 1.165) is 25.7 Å². The van der Waals surface area contributed by atoms with Crippen LogP contribution in [0.3, 0.4) is 0 Å². The van der Waals surface area contributed by atoms with Gasteiger partial charge < -0.3 is 18.6 Å². The summed E-state index contributed by atoms with van der Waals surface area (Å²) in [7, 11) is -1.46. The predicted molar refractivity (Wildman–Crippen MR) is 72.3 cm³/mol. The van der Waals surface area contributed by atoms with Gasteiger partial charge in [-0.05, 0) is 0 Å². The summed E-state index contributed by atoms with van der Waals surface area (Å²) in [5.41, 5.74) is 0. The number of unbranched alkanes of at least 4 members (excludes halogenated alkanes) is 2. The molecule has 20 heavy (non-hydrogen) atoms. The van der Waals surface area contributed by atoms with Crippen molar-refractivity contribution in [3.8, 4) is 0 Å². The molecule has 108 valence electrons. The summed E-state index contributed by atoms with van der Waals surface area (Å²) in [4.78, 5) is 23.7. The molecule has 2 rings (SSSR count). The third kappa shape index (κ3) is 3.29. The topological polar surface area (TPSA) is 71.1 Å². The standard InChI is InChI=1S/C12H18B2O6/c1-3-5-7-13-17-9-10(11(15)19-13)18-14(8-6-4-2)20-12(9)16/h3-8H2,1-2H3. The van der Waals surface area contributed by atoms with Crippen LogP contribution >= 0.6 is 0 Å². The second-order valence-electron chi connectivity index (χ2n) is 4.85. The van der Waals surface area contributed by atoms with Crippen LogP contribution in [0.2, 0.25) is 12.6 Å². The van der Waals surface area contributed by atoms with Gasteiger partial charge in [0.15, 0.2) is 0 Å². The van der Waals surface area contributed by atoms with E-state index in [1.54, 1.807) is 0 Å². The van der Waals surface area contributed by atoms with Gasteiger partial charge in [-0.2, -0.15) is 0 Å². The van der Waals surface area contributed by atoms with Gasteiger partial charge in [-0.25, -0.2) is 9.59 Å². The summed E-state index contributed by atoms with van der Waals surface area (Å²) in [5, 5.41) is 0. The smallest absolute Gasteiger partial charge is 0.518 e. The highest BCUT2D eigenvalue weighted by Gasteiger charge is 2.46. The van der Waals surface area contributed by atoms with Crippen LogP contribution in [-0.2, 0) is 28.2 Å². The third-order valence-corrected chi connectivity index (χ3v) is 3.14. The summed E-state index contributed by atoms with van der Waals surface area (Å²) in [6.45, 7) is 4.04. The molecule has 0 radical (unpaired) electrons. The van der Waals surface area contributed by atoms with Crippen molar-refractivity contribution in [2.45, 2.75) is 52.2 Å². The van der Waals surface area contributed by atoms with Crippen molar-refractivity contribution in [2.75, 3.05) is 0 Å². The number of hydrogen-bond donors (Lipinski definition) is 0. The van der Waals surface area contributed by atoms with Gasteiger partial charge >= 0.3 is 26.2 Å². The van der Waals surface area contributed by atoms with Gasteiger partial charge in [0.2, 0.25) is 11.5 Å². The molecule has 2 aliphatic rings. The first kappa shape index (κ1) is 14.8. The Hall–Kier alpha value is -1.59. The van der Waals surface area contributed by atoms with Crippen LogP contribution in [0.25, 0.3) is 0 Å². The molecule has 6 nitrogen and oxygen atoms in total. The molecule has 0 aliphatic carbocycles. The average Bonchev–Trinajstić information content (AvgIpc) is 2.44. The number of carbonyl (C=O) groups excluding carboxylic acids is 2. The molecule has 0 N–H and O–H groups in total. The maximum Gasteiger partial charge on any atom is 0.597 e. The van der Waals surface area contributed by atoms with E-state index in [4.69, 9.17) is 18.6 Å². The highest BCUT2D eigenvalue weighted by molar-refractivity contribution is 6.52. The Kier molecular flexibility index (Phi) is 4.98. The van der Waals surface area contributed by atoms with Crippen molar-refractivity contribution in [3.63, 3.8) is 0 Å². The summed E-state index contributed by atoms with van der Waals surface area (Å²) in [5.74, 6) is -1.61. The lowest BCUT2D eigenvalue weighted by Crippen LogP contribution is -2.43. The minimum absolute atomic E-state index is 0.157. The summed E-state index contributed by atoms with van der Waals surface area (Å²) in [6, 6.07) is 0. The lowest BCUT2D eigenvalue weighted by atomic mass is 9.79. The van der Waals surface area contributed by atoms with Gasteiger partial charge in [0.25, 0.3) is 0 Å². The molecule has 0 amide bonds. The Balaban J connectivity index is 2.05. The first-order valence-electron chi connectivity index (χ1n) is 7.15. The van der Waals surface area contributed by atoms with Crippen LogP contribution in [0.1, 0.15) is 39.5 Å². The maximum absolute atomic E-state index is 11.9. The van der Waals surface area contributed by atoms with E-state index in [2.05, 4.69) is 0 Å². The average molecular weight is 280 g/mol. The first-order valence-corrected chi connectivity index (χ1v) is 7.15. The predicted octanol–water partition coefficient (Wildman–Crippen LogP) is 1.92. The van der Waals surface area contributed by atoms with Crippen molar-refractivity contribution >= 4 is 26.2 Å². The third-order valence-electron chi connectivity index (χ3n) is 3.14. The SMILES string of the molecule is CCCCB1OC(=O)C2=C(O1)C(=O)OB(CCCC)O2. The van der Waals surface area contributed by atoms with Gasteiger partial charge in [-0.1, -0.05) is 39.5 Å². The maximum atomic E-state index is 11.9. The summed E-state index contributed by atoms with van der Waals surface area (Å²) < 4.78 is 20.9. The van der Waals surface area contributed by atoms with Crippen LogP contribution in [0.4, 0.5) is 0 Å². The van der Waals surface area contributed by atoms with Gasteiger partial charge in [-0.3, -0.25) is 0 Å². The van der Waals surface area contributed by atoms with Crippen LogP contribution in [0, 0.1) is 0 Å². The highest BCUT2D eigenvalue weighted by atomic mass is 16.7. The van der Waals surface area contributed by atoms with Crippen molar-refractivity contribution < 1.29 is 28.2 Å². The largest absolute Gasteiger partial charge is 0.597 e. The van der Waals surface area contributed by atoms with Gasteiger partial charge in [0.1, 0.15) is 0 Å². The fourth-order valence-electron chi connectivity index (χ4n) is 2.02. The van der Waals surface area contributed by atoms with Crippen molar-refractivity contribution in [2.24, 2.45) is 0 Å². The van der Waals surface area contributed by atoms with Crippen LogP contribution in [0.5, 0.6) is 0 Å². The second kappa shape index (κ2) is 6.72. The molecule has 0 unspecified atom stereocenters. The molecule has 0 aromatic rings. The minimum atomic E-state index is -0.732. The highest BCUT2D eigenvalue weighted by Crippen LogP contribution is 2.27.